The molecule has 200 valence electrons. The Bertz CT molecular complexity index is 1360. The summed E-state index contributed by atoms with van der Waals surface area (Å²) in [5.74, 6) is 1.02. The second kappa shape index (κ2) is 10.8. The summed E-state index contributed by atoms with van der Waals surface area (Å²) in [4.78, 5) is 15.6. The smallest absolute Gasteiger partial charge is 0.227 e. The number of hydrogen-bond acceptors (Lipinski definition) is 9. The molecule has 3 heterocycles. The molecule has 2 aliphatic heterocycles. The Morgan fingerprint density at radius 2 is 2.08 bits per heavy atom. The molecule has 0 saturated carbocycles. The van der Waals surface area contributed by atoms with Gasteiger partial charge in [0.15, 0.2) is 0 Å². The van der Waals surface area contributed by atoms with Gasteiger partial charge in [-0.25, -0.2) is 9.97 Å². The SMILES string of the molecule is CN=Cc1cc(-c2ccnc(Nc3cc(Cl)c(N4CCC(O)CC4)cc3OC)n2)cc2c1NCC2(C)CO. The van der Waals surface area contributed by atoms with Crippen LogP contribution in [0.4, 0.5) is 23.0 Å². The van der Waals surface area contributed by atoms with Gasteiger partial charge in [-0.15, -0.1) is 0 Å². The van der Waals surface area contributed by atoms with Gasteiger partial charge >= 0.3 is 0 Å². The average Bonchev–Trinajstić information content (AvgIpc) is 3.27. The van der Waals surface area contributed by atoms with Crippen molar-refractivity contribution < 1.29 is 14.9 Å². The van der Waals surface area contributed by atoms with E-state index in [9.17, 15) is 10.2 Å². The minimum absolute atomic E-state index is 0.0320. The molecule has 0 aliphatic carbocycles. The summed E-state index contributed by atoms with van der Waals surface area (Å²) in [7, 11) is 3.35. The Morgan fingerprint density at radius 1 is 1.29 bits per heavy atom. The maximum Gasteiger partial charge on any atom is 0.227 e. The van der Waals surface area contributed by atoms with Gasteiger partial charge in [0.2, 0.25) is 5.95 Å². The molecule has 5 rings (SSSR count). The molecular weight excluding hydrogens is 504 g/mol. The van der Waals surface area contributed by atoms with Crippen LogP contribution in [0.2, 0.25) is 5.02 Å². The Kier molecular flexibility index (Phi) is 7.43. The van der Waals surface area contributed by atoms with E-state index in [4.69, 9.17) is 21.3 Å². The summed E-state index contributed by atoms with van der Waals surface area (Å²) >= 11 is 6.68. The van der Waals surface area contributed by atoms with Crippen LogP contribution in [-0.2, 0) is 5.41 Å². The van der Waals surface area contributed by atoms with Crippen molar-refractivity contribution in [2.45, 2.75) is 31.3 Å². The number of halogens is 1. The monoisotopic (exact) mass is 536 g/mol. The highest BCUT2D eigenvalue weighted by molar-refractivity contribution is 6.33. The van der Waals surface area contributed by atoms with Gasteiger partial charge in [0, 0.05) is 67.4 Å². The molecule has 1 fully saturated rings. The molecular formula is C28H33ClN6O3. The highest BCUT2D eigenvalue weighted by Crippen LogP contribution is 2.41. The fourth-order valence-corrected chi connectivity index (χ4v) is 5.39. The lowest BCUT2D eigenvalue weighted by atomic mass is 9.83. The number of ether oxygens (including phenoxy) is 1. The quantitative estimate of drug-likeness (QED) is 0.332. The molecule has 0 amide bonds. The predicted molar refractivity (Wildman–Crippen MR) is 153 cm³/mol. The van der Waals surface area contributed by atoms with Crippen LogP contribution in [0.3, 0.4) is 0 Å². The number of methoxy groups -OCH3 is 1. The van der Waals surface area contributed by atoms with Gasteiger partial charge in [-0.1, -0.05) is 18.5 Å². The van der Waals surface area contributed by atoms with Crippen molar-refractivity contribution in [3.05, 3.63) is 52.7 Å². The second-order valence-electron chi connectivity index (χ2n) is 10.1. The number of nitrogens with zero attached hydrogens (tertiary/aromatic N) is 4. The van der Waals surface area contributed by atoms with Crippen LogP contribution in [-0.4, -0.2) is 72.9 Å². The van der Waals surface area contributed by atoms with E-state index < -0.39 is 5.41 Å². The van der Waals surface area contributed by atoms with E-state index in [1.54, 1.807) is 20.4 Å². The van der Waals surface area contributed by atoms with Gasteiger partial charge in [0.25, 0.3) is 0 Å². The van der Waals surface area contributed by atoms with E-state index in [0.717, 1.165) is 46.8 Å². The number of aliphatic hydroxyl groups excluding tert-OH is 2. The third kappa shape index (κ3) is 5.01. The van der Waals surface area contributed by atoms with E-state index in [1.165, 1.54) is 0 Å². The molecule has 0 radical (unpaired) electrons. The molecule has 3 aromatic rings. The standard InChI is InChI=1S/C28H33ClN6O3/c1-28(16-36)15-32-26-18(14-30-2)10-17(11-20(26)28)22-4-7-31-27(33-22)34-23-12-21(29)24(13-25(23)38-3)35-8-5-19(37)6-9-35/h4,7,10-14,19,32,36-37H,5-6,8-9,15-16H2,1-3H3,(H,31,33,34). The summed E-state index contributed by atoms with van der Waals surface area (Å²) in [5.41, 5.74) is 5.74. The number of anilines is 4. The van der Waals surface area contributed by atoms with Crippen LogP contribution in [0.25, 0.3) is 11.3 Å². The molecule has 1 aromatic heterocycles. The third-order valence-electron chi connectivity index (χ3n) is 7.36. The normalized spacial score (nSPS) is 19.5. The van der Waals surface area contributed by atoms with Crippen LogP contribution >= 0.6 is 11.6 Å². The summed E-state index contributed by atoms with van der Waals surface area (Å²) in [6.07, 6.45) is 4.68. The molecule has 0 bridgehead atoms. The van der Waals surface area contributed by atoms with Crippen LogP contribution in [0.15, 0.2) is 41.5 Å². The molecule has 1 unspecified atom stereocenters. The Labute approximate surface area is 227 Å². The molecule has 1 atom stereocenters. The topological polar surface area (TPSA) is 115 Å². The zero-order valence-corrected chi connectivity index (χ0v) is 22.6. The van der Waals surface area contributed by atoms with Gasteiger partial charge in [0.1, 0.15) is 5.75 Å². The first-order chi connectivity index (χ1) is 18.3. The maximum atomic E-state index is 10.1. The van der Waals surface area contributed by atoms with Crippen LogP contribution in [0.5, 0.6) is 5.75 Å². The van der Waals surface area contributed by atoms with Crippen molar-refractivity contribution in [3.63, 3.8) is 0 Å². The van der Waals surface area contributed by atoms with E-state index in [0.29, 0.717) is 41.8 Å². The first-order valence-electron chi connectivity index (χ1n) is 12.7. The largest absolute Gasteiger partial charge is 0.494 e. The lowest BCUT2D eigenvalue weighted by Crippen LogP contribution is -2.35. The van der Waals surface area contributed by atoms with Crippen LogP contribution in [0.1, 0.15) is 30.9 Å². The Balaban J connectivity index is 1.46. The molecule has 4 N–H and O–H groups in total. The minimum Gasteiger partial charge on any atom is -0.494 e. The number of benzene rings is 2. The van der Waals surface area contributed by atoms with Gasteiger partial charge in [-0.3, -0.25) is 4.99 Å². The first-order valence-corrected chi connectivity index (χ1v) is 13.1. The fourth-order valence-electron chi connectivity index (χ4n) is 5.10. The fraction of sp³-hybridized carbons (Fsp3) is 0.393. The average molecular weight is 537 g/mol. The van der Waals surface area contributed by atoms with Gasteiger partial charge in [0.05, 0.1) is 41.9 Å². The number of aliphatic imine (C=N–C) groups is 1. The minimum atomic E-state index is -0.395. The zero-order chi connectivity index (χ0) is 26.9. The molecule has 1 saturated heterocycles. The van der Waals surface area contributed by atoms with Crippen molar-refractivity contribution in [3.8, 4) is 17.0 Å². The molecule has 0 spiro atoms. The van der Waals surface area contributed by atoms with Gasteiger partial charge in [-0.05, 0) is 42.7 Å². The molecule has 9 nitrogen and oxygen atoms in total. The molecule has 2 aromatic carbocycles. The van der Waals surface area contributed by atoms with Crippen LogP contribution in [0, 0.1) is 0 Å². The number of nitrogens with one attached hydrogen (secondary N) is 2. The van der Waals surface area contributed by atoms with Crippen LogP contribution < -0.4 is 20.3 Å². The third-order valence-corrected chi connectivity index (χ3v) is 7.67. The van der Waals surface area contributed by atoms with E-state index in [-0.39, 0.29) is 12.7 Å². The molecule has 2 aliphatic rings. The Hall–Kier alpha value is -3.40. The van der Waals surface area contributed by atoms with Gasteiger partial charge < -0.3 is 30.5 Å². The number of aromatic nitrogens is 2. The lowest BCUT2D eigenvalue weighted by Gasteiger charge is -2.32. The number of piperidine rings is 1. The first kappa shape index (κ1) is 26.2. The van der Waals surface area contributed by atoms with Gasteiger partial charge in [-0.2, -0.15) is 0 Å². The second-order valence-corrected chi connectivity index (χ2v) is 10.5. The summed E-state index contributed by atoms with van der Waals surface area (Å²) < 4.78 is 5.67. The Morgan fingerprint density at radius 3 is 2.79 bits per heavy atom. The zero-order valence-electron chi connectivity index (χ0n) is 21.8. The summed E-state index contributed by atoms with van der Waals surface area (Å²) in [6.45, 7) is 4.19. The number of hydrogen-bond donors (Lipinski definition) is 4. The molecule has 10 heteroatoms. The molecule has 38 heavy (non-hydrogen) atoms. The number of fused-ring (bicyclic) bond motifs is 1. The summed E-state index contributed by atoms with van der Waals surface area (Å²) in [6, 6.07) is 9.70. The highest BCUT2D eigenvalue weighted by Gasteiger charge is 2.35. The number of rotatable bonds is 7. The lowest BCUT2D eigenvalue weighted by molar-refractivity contribution is 0.145. The van der Waals surface area contributed by atoms with Crippen molar-refractivity contribution in [1.29, 1.82) is 0 Å². The van der Waals surface area contributed by atoms with E-state index >= 15 is 0 Å². The van der Waals surface area contributed by atoms with Crippen molar-refractivity contribution in [2.24, 2.45) is 4.99 Å². The van der Waals surface area contributed by atoms with Crippen molar-refractivity contribution in [2.75, 3.05) is 55.9 Å². The highest BCUT2D eigenvalue weighted by atomic mass is 35.5. The summed E-state index contributed by atoms with van der Waals surface area (Å²) in [5, 5.41) is 27.2. The van der Waals surface area contributed by atoms with Crippen molar-refractivity contribution in [1.82, 2.24) is 9.97 Å². The predicted octanol–water partition coefficient (Wildman–Crippen LogP) is 4.23. The van der Waals surface area contributed by atoms with E-state index in [1.807, 2.05) is 37.4 Å². The van der Waals surface area contributed by atoms with Crippen molar-refractivity contribution >= 4 is 40.8 Å². The number of aliphatic hydroxyl groups is 2. The maximum absolute atomic E-state index is 10.1. The van der Waals surface area contributed by atoms with E-state index in [2.05, 4.69) is 31.6 Å².